The van der Waals surface area contributed by atoms with Crippen molar-refractivity contribution >= 4 is 0 Å². The highest BCUT2D eigenvalue weighted by Crippen LogP contribution is 2.28. The molecule has 112 valence electrons. The number of nitrogens with one attached hydrogen (secondary N) is 1. The van der Waals surface area contributed by atoms with Gasteiger partial charge in [0.1, 0.15) is 11.6 Å². The van der Waals surface area contributed by atoms with E-state index in [1.54, 1.807) is 19.2 Å². The third-order valence-corrected chi connectivity index (χ3v) is 4.39. The Bertz CT molecular complexity index is 415. The van der Waals surface area contributed by atoms with E-state index >= 15 is 0 Å². The van der Waals surface area contributed by atoms with Crippen LogP contribution < -0.4 is 10.1 Å². The molecule has 1 aromatic carbocycles. The zero-order valence-electron chi connectivity index (χ0n) is 12.6. The van der Waals surface area contributed by atoms with Crippen LogP contribution in [0.2, 0.25) is 0 Å². The molecule has 1 unspecified atom stereocenters. The van der Waals surface area contributed by atoms with E-state index in [1.165, 1.54) is 44.6 Å². The second kappa shape index (κ2) is 7.63. The average Bonchev–Trinajstić information content (AvgIpc) is 2.48. The van der Waals surface area contributed by atoms with Crippen LogP contribution in [0.5, 0.6) is 5.75 Å². The van der Waals surface area contributed by atoms with Gasteiger partial charge in [0.2, 0.25) is 0 Å². The molecule has 1 aromatic rings. The molecule has 0 radical (unpaired) electrons. The van der Waals surface area contributed by atoms with Crippen molar-refractivity contribution in [3.05, 3.63) is 29.6 Å². The predicted octanol–water partition coefficient (Wildman–Crippen LogP) is 4.46. The second-order valence-corrected chi connectivity index (χ2v) is 5.85. The first kappa shape index (κ1) is 15.3. The number of hydrogen-bond acceptors (Lipinski definition) is 2. The van der Waals surface area contributed by atoms with Gasteiger partial charge in [0.05, 0.1) is 7.11 Å². The van der Waals surface area contributed by atoms with Gasteiger partial charge in [-0.1, -0.05) is 32.1 Å². The second-order valence-electron chi connectivity index (χ2n) is 5.85. The van der Waals surface area contributed by atoms with Gasteiger partial charge in [-0.3, -0.25) is 0 Å². The lowest BCUT2D eigenvalue weighted by molar-refractivity contribution is 0.328. The first-order valence-corrected chi connectivity index (χ1v) is 7.77. The summed E-state index contributed by atoms with van der Waals surface area (Å²) in [4.78, 5) is 0. The molecular weight excluding hydrogens is 253 g/mol. The minimum Gasteiger partial charge on any atom is -0.496 e. The quantitative estimate of drug-likeness (QED) is 0.830. The molecule has 2 nitrogen and oxygen atoms in total. The van der Waals surface area contributed by atoms with E-state index in [4.69, 9.17) is 4.74 Å². The lowest BCUT2D eigenvalue weighted by atomic mass is 9.87. The molecular formula is C17H26FNO. The summed E-state index contributed by atoms with van der Waals surface area (Å²) >= 11 is 0. The monoisotopic (exact) mass is 279 g/mol. The van der Waals surface area contributed by atoms with Crippen molar-refractivity contribution in [3.8, 4) is 5.75 Å². The number of methoxy groups -OCH3 is 1. The van der Waals surface area contributed by atoms with Crippen molar-refractivity contribution in [1.29, 1.82) is 0 Å². The molecule has 0 bridgehead atoms. The van der Waals surface area contributed by atoms with Crippen molar-refractivity contribution in [2.45, 2.75) is 51.5 Å². The number of benzene rings is 1. The Morgan fingerprint density at radius 2 is 2.05 bits per heavy atom. The maximum Gasteiger partial charge on any atom is 0.123 e. The molecule has 1 fully saturated rings. The van der Waals surface area contributed by atoms with E-state index in [9.17, 15) is 4.39 Å². The van der Waals surface area contributed by atoms with Crippen molar-refractivity contribution in [2.75, 3.05) is 13.7 Å². The Hall–Kier alpha value is -1.09. The Balaban J connectivity index is 1.84. The van der Waals surface area contributed by atoms with Gasteiger partial charge in [-0.05, 0) is 44.0 Å². The smallest absolute Gasteiger partial charge is 0.123 e. The van der Waals surface area contributed by atoms with Crippen molar-refractivity contribution in [2.24, 2.45) is 5.92 Å². The van der Waals surface area contributed by atoms with Crippen molar-refractivity contribution in [3.63, 3.8) is 0 Å². The first-order valence-electron chi connectivity index (χ1n) is 7.77. The SMILES string of the molecule is COc1ccc(F)cc1C(C)NCCC1CCCCC1. The van der Waals surface area contributed by atoms with Gasteiger partial charge in [0.15, 0.2) is 0 Å². The van der Waals surface area contributed by atoms with E-state index in [2.05, 4.69) is 12.2 Å². The summed E-state index contributed by atoms with van der Waals surface area (Å²) in [5, 5.41) is 3.50. The van der Waals surface area contributed by atoms with Crippen LogP contribution in [-0.4, -0.2) is 13.7 Å². The van der Waals surface area contributed by atoms with E-state index in [0.717, 1.165) is 23.8 Å². The Morgan fingerprint density at radius 1 is 1.30 bits per heavy atom. The fourth-order valence-electron chi connectivity index (χ4n) is 3.13. The highest BCUT2D eigenvalue weighted by molar-refractivity contribution is 5.36. The minimum absolute atomic E-state index is 0.115. The van der Waals surface area contributed by atoms with Crippen LogP contribution in [0.4, 0.5) is 4.39 Å². The van der Waals surface area contributed by atoms with Crippen LogP contribution >= 0.6 is 0 Å². The van der Waals surface area contributed by atoms with Crippen LogP contribution in [0.15, 0.2) is 18.2 Å². The molecule has 1 atom stereocenters. The number of ether oxygens (including phenoxy) is 1. The fourth-order valence-corrected chi connectivity index (χ4v) is 3.13. The fraction of sp³-hybridized carbons (Fsp3) is 0.647. The molecule has 1 N–H and O–H groups in total. The van der Waals surface area contributed by atoms with Gasteiger partial charge in [0.25, 0.3) is 0 Å². The van der Waals surface area contributed by atoms with E-state index < -0.39 is 0 Å². The van der Waals surface area contributed by atoms with Crippen LogP contribution in [0.25, 0.3) is 0 Å². The summed E-state index contributed by atoms with van der Waals surface area (Å²) in [6.07, 6.45) is 8.15. The molecule has 0 aromatic heterocycles. The van der Waals surface area contributed by atoms with Crippen LogP contribution in [-0.2, 0) is 0 Å². The van der Waals surface area contributed by atoms with Gasteiger partial charge >= 0.3 is 0 Å². The van der Waals surface area contributed by atoms with Gasteiger partial charge in [0, 0.05) is 11.6 Å². The Labute approximate surface area is 121 Å². The Morgan fingerprint density at radius 3 is 2.75 bits per heavy atom. The zero-order chi connectivity index (χ0) is 14.4. The number of halogens is 1. The first-order chi connectivity index (χ1) is 9.70. The van der Waals surface area contributed by atoms with E-state index in [0.29, 0.717) is 0 Å². The molecule has 0 aliphatic heterocycles. The molecule has 0 saturated heterocycles. The largest absolute Gasteiger partial charge is 0.496 e. The normalized spacial score (nSPS) is 17.9. The van der Waals surface area contributed by atoms with Crippen molar-refractivity contribution in [1.82, 2.24) is 5.32 Å². The topological polar surface area (TPSA) is 21.3 Å². The molecule has 1 saturated carbocycles. The van der Waals surface area contributed by atoms with Crippen LogP contribution in [0.1, 0.15) is 57.1 Å². The summed E-state index contributed by atoms with van der Waals surface area (Å²) in [5.74, 6) is 1.42. The molecule has 1 aliphatic rings. The Kier molecular flexibility index (Phi) is 5.84. The maximum atomic E-state index is 13.4. The third kappa shape index (κ3) is 4.20. The van der Waals surface area contributed by atoms with Gasteiger partial charge in [-0.25, -0.2) is 4.39 Å². The summed E-state index contributed by atoms with van der Waals surface area (Å²) in [6, 6.07) is 4.82. The van der Waals surface area contributed by atoms with Crippen LogP contribution in [0.3, 0.4) is 0 Å². The zero-order valence-corrected chi connectivity index (χ0v) is 12.6. The molecule has 2 rings (SSSR count). The van der Waals surface area contributed by atoms with Gasteiger partial charge in [-0.2, -0.15) is 0 Å². The predicted molar refractivity (Wildman–Crippen MR) is 80.6 cm³/mol. The molecule has 1 aliphatic carbocycles. The van der Waals surface area contributed by atoms with E-state index in [1.807, 2.05) is 0 Å². The summed E-state index contributed by atoms with van der Waals surface area (Å²) in [5.41, 5.74) is 0.899. The third-order valence-electron chi connectivity index (χ3n) is 4.39. The summed E-state index contributed by atoms with van der Waals surface area (Å²) in [7, 11) is 1.63. The molecule has 3 heteroatoms. The number of hydrogen-bond donors (Lipinski definition) is 1. The molecule has 0 spiro atoms. The standard InChI is InChI=1S/C17H26FNO/c1-13(16-12-15(18)8-9-17(16)20-2)19-11-10-14-6-4-3-5-7-14/h8-9,12-14,19H,3-7,10-11H2,1-2H3. The molecule has 0 amide bonds. The number of rotatable bonds is 6. The minimum atomic E-state index is -0.207. The van der Waals surface area contributed by atoms with Crippen LogP contribution in [0, 0.1) is 11.7 Å². The highest BCUT2D eigenvalue weighted by atomic mass is 19.1. The molecule has 0 heterocycles. The van der Waals surface area contributed by atoms with Gasteiger partial charge < -0.3 is 10.1 Å². The summed E-state index contributed by atoms with van der Waals surface area (Å²) in [6.45, 7) is 3.06. The van der Waals surface area contributed by atoms with E-state index in [-0.39, 0.29) is 11.9 Å². The van der Waals surface area contributed by atoms with Crippen molar-refractivity contribution < 1.29 is 9.13 Å². The lowest BCUT2D eigenvalue weighted by Crippen LogP contribution is -2.23. The maximum absolute atomic E-state index is 13.4. The molecule has 20 heavy (non-hydrogen) atoms. The lowest BCUT2D eigenvalue weighted by Gasteiger charge is -2.23. The average molecular weight is 279 g/mol. The van der Waals surface area contributed by atoms with Gasteiger partial charge in [-0.15, -0.1) is 0 Å². The summed E-state index contributed by atoms with van der Waals surface area (Å²) < 4.78 is 18.7. The highest BCUT2D eigenvalue weighted by Gasteiger charge is 2.15.